The Bertz CT molecular complexity index is 859. The highest BCUT2D eigenvalue weighted by molar-refractivity contribution is 5.77. The Morgan fingerprint density at radius 3 is 2.84 bits per heavy atom. The first-order chi connectivity index (χ1) is 12.1. The first-order valence-corrected chi connectivity index (χ1v) is 8.77. The largest absolute Gasteiger partial charge is 0.460 e. The van der Waals surface area contributed by atoms with Crippen LogP contribution >= 0.6 is 0 Å². The molecule has 2 saturated carbocycles. The van der Waals surface area contributed by atoms with Gasteiger partial charge in [-0.2, -0.15) is 4.68 Å². The van der Waals surface area contributed by atoms with Gasteiger partial charge in [-0.15, -0.1) is 5.10 Å². The van der Waals surface area contributed by atoms with Crippen molar-refractivity contribution in [2.45, 2.75) is 51.4 Å². The molecule has 0 aliphatic heterocycles. The number of fused-ring (bicyclic) bond motifs is 1. The summed E-state index contributed by atoms with van der Waals surface area (Å²) in [7, 11) is 0. The summed E-state index contributed by atoms with van der Waals surface area (Å²) in [6, 6.07) is 6.94. The average Bonchev–Trinajstić information content (AvgIpc) is 2.55. The van der Waals surface area contributed by atoms with Crippen LogP contribution in [0.15, 0.2) is 29.1 Å². The number of hydrogen-bond donors (Lipinski definition) is 0. The van der Waals surface area contributed by atoms with Gasteiger partial charge < -0.3 is 9.47 Å². The zero-order valence-electron chi connectivity index (χ0n) is 14.2. The Kier molecular flexibility index (Phi) is 4.03. The average molecular weight is 343 g/mol. The molecular weight excluding hydrogens is 322 g/mol. The number of benzene rings is 1. The Hall–Kier alpha value is -2.28. The van der Waals surface area contributed by atoms with Crippen molar-refractivity contribution in [2.75, 3.05) is 6.61 Å². The molecule has 1 aromatic carbocycles. The molecular formula is C18H21N3O4. The molecule has 2 aliphatic rings. The van der Waals surface area contributed by atoms with Gasteiger partial charge in [0.05, 0.1) is 11.5 Å². The first kappa shape index (κ1) is 16.2. The number of carbonyl (C=O) groups excluding carboxylic acids is 1. The molecule has 0 unspecified atom stereocenters. The number of nitrogens with zero attached hydrogens (tertiary/aromatic N) is 3. The molecule has 0 saturated heterocycles. The van der Waals surface area contributed by atoms with Gasteiger partial charge >= 0.3 is 5.97 Å². The van der Waals surface area contributed by atoms with Crippen molar-refractivity contribution in [1.82, 2.24) is 15.0 Å². The summed E-state index contributed by atoms with van der Waals surface area (Å²) in [6.07, 6.45) is 4.02. The summed E-state index contributed by atoms with van der Waals surface area (Å²) in [5.74, 6) is -0.446. The van der Waals surface area contributed by atoms with Crippen molar-refractivity contribution in [3.05, 3.63) is 34.6 Å². The summed E-state index contributed by atoms with van der Waals surface area (Å²) in [4.78, 5) is 24.7. The van der Waals surface area contributed by atoms with Crippen LogP contribution in [0.2, 0.25) is 0 Å². The smallest absolute Gasteiger partial charge is 0.328 e. The fourth-order valence-corrected chi connectivity index (χ4v) is 3.99. The van der Waals surface area contributed by atoms with Crippen LogP contribution in [0.25, 0.3) is 10.9 Å². The van der Waals surface area contributed by atoms with Crippen LogP contribution in [0.4, 0.5) is 0 Å². The van der Waals surface area contributed by atoms with E-state index in [-0.39, 0.29) is 29.7 Å². The van der Waals surface area contributed by atoms with E-state index in [4.69, 9.17) is 9.47 Å². The van der Waals surface area contributed by atoms with Crippen molar-refractivity contribution in [2.24, 2.45) is 5.41 Å². The molecule has 25 heavy (non-hydrogen) atoms. The molecule has 1 aromatic heterocycles. The topological polar surface area (TPSA) is 83.3 Å². The van der Waals surface area contributed by atoms with E-state index < -0.39 is 5.97 Å². The van der Waals surface area contributed by atoms with Crippen LogP contribution in [0.5, 0.6) is 0 Å². The van der Waals surface area contributed by atoms with Gasteiger partial charge in [-0.3, -0.25) is 9.59 Å². The molecule has 2 aromatic rings. The van der Waals surface area contributed by atoms with E-state index in [9.17, 15) is 9.59 Å². The minimum Gasteiger partial charge on any atom is -0.460 e. The number of hydrogen-bond acceptors (Lipinski definition) is 6. The highest BCUT2D eigenvalue weighted by atomic mass is 16.6. The Balaban J connectivity index is 1.45. The molecule has 2 aliphatic carbocycles. The second-order valence-electron chi connectivity index (χ2n) is 6.81. The molecule has 4 rings (SSSR count). The SMILES string of the molecule is CCO[C@H]1C[C@H](OC(=O)Cn2nnc3ccccc3c2=O)C12CCC2. The maximum absolute atomic E-state index is 12.4. The van der Waals surface area contributed by atoms with Crippen LogP contribution < -0.4 is 5.56 Å². The second kappa shape index (κ2) is 6.22. The first-order valence-electron chi connectivity index (χ1n) is 8.77. The standard InChI is InChI=1S/C18H21N3O4/c1-2-24-14-10-15(18(14)8-5-9-18)25-16(22)11-21-17(23)12-6-3-4-7-13(12)19-20-21/h3-4,6-7,14-15H,2,5,8-11H2,1H3/t14-,15-/m0/s1. The van der Waals surface area contributed by atoms with E-state index in [1.54, 1.807) is 24.3 Å². The van der Waals surface area contributed by atoms with E-state index in [2.05, 4.69) is 10.3 Å². The fraction of sp³-hybridized carbons (Fsp3) is 0.556. The van der Waals surface area contributed by atoms with Crippen molar-refractivity contribution in [1.29, 1.82) is 0 Å². The third-order valence-corrected chi connectivity index (χ3v) is 5.54. The number of aromatic nitrogens is 3. The van der Waals surface area contributed by atoms with Crippen LogP contribution in [0.3, 0.4) is 0 Å². The van der Waals surface area contributed by atoms with Crippen LogP contribution in [0.1, 0.15) is 32.6 Å². The lowest BCUT2D eigenvalue weighted by atomic mass is 9.52. The zero-order chi connectivity index (χ0) is 17.4. The molecule has 1 heterocycles. The zero-order valence-corrected chi connectivity index (χ0v) is 14.2. The lowest BCUT2D eigenvalue weighted by molar-refractivity contribution is -0.239. The van der Waals surface area contributed by atoms with E-state index in [0.717, 1.165) is 30.4 Å². The summed E-state index contributed by atoms with van der Waals surface area (Å²) < 4.78 is 12.5. The lowest BCUT2D eigenvalue weighted by Gasteiger charge is -2.59. The van der Waals surface area contributed by atoms with Gasteiger partial charge in [0.25, 0.3) is 5.56 Å². The molecule has 7 heteroatoms. The second-order valence-corrected chi connectivity index (χ2v) is 6.81. The summed E-state index contributed by atoms with van der Waals surface area (Å²) >= 11 is 0. The minimum atomic E-state index is -0.446. The molecule has 0 amide bonds. The maximum Gasteiger partial charge on any atom is 0.328 e. The predicted molar refractivity (Wildman–Crippen MR) is 90.0 cm³/mol. The third kappa shape index (κ3) is 2.63. The normalized spacial score (nSPS) is 23.9. The van der Waals surface area contributed by atoms with E-state index in [1.165, 1.54) is 0 Å². The third-order valence-electron chi connectivity index (χ3n) is 5.54. The number of rotatable bonds is 5. The van der Waals surface area contributed by atoms with Gasteiger partial charge in [-0.1, -0.05) is 23.8 Å². The van der Waals surface area contributed by atoms with Crippen LogP contribution in [-0.2, 0) is 20.8 Å². The quantitative estimate of drug-likeness (QED) is 0.768. The molecule has 7 nitrogen and oxygen atoms in total. The Morgan fingerprint density at radius 2 is 2.12 bits per heavy atom. The lowest BCUT2D eigenvalue weighted by Crippen LogP contribution is -2.63. The van der Waals surface area contributed by atoms with E-state index in [1.807, 2.05) is 6.92 Å². The molecule has 2 atom stereocenters. The molecule has 0 radical (unpaired) electrons. The molecule has 2 fully saturated rings. The number of carbonyl (C=O) groups is 1. The number of ether oxygens (including phenoxy) is 2. The summed E-state index contributed by atoms with van der Waals surface area (Å²) in [5.41, 5.74) is 0.178. The van der Waals surface area contributed by atoms with Crippen molar-refractivity contribution < 1.29 is 14.3 Å². The Morgan fingerprint density at radius 1 is 1.32 bits per heavy atom. The maximum atomic E-state index is 12.4. The van der Waals surface area contributed by atoms with Gasteiger partial charge in [0, 0.05) is 18.4 Å². The predicted octanol–water partition coefficient (Wildman–Crippen LogP) is 1.68. The minimum absolute atomic E-state index is 0.00824. The summed E-state index contributed by atoms with van der Waals surface area (Å²) in [6.45, 7) is 2.44. The highest BCUT2D eigenvalue weighted by Crippen LogP contribution is 2.58. The highest BCUT2D eigenvalue weighted by Gasteiger charge is 2.61. The molecule has 0 bridgehead atoms. The molecule has 132 valence electrons. The Labute approximate surface area is 144 Å². The van der Waals surface area contributed by atoms with Gasteiger partial charge in [-0.25, -0.2) is 0 Å². The monoisotopic (exact) mass is 343 g/mol. The van der Waals surface area contributed by atoms with Crippen molar-refractivity contribution in [3.8, 4) is 0 Å². The van der Waals surface area contributed by atoms with Gasteiger partial charge in [-0.05, 0) is 31.9 Å². The van der Waals surface area contributed by atoms with Crippen LogP contribution in [-0.4, -0.2) is 39.8 Å². The fourth-order valence-electron chi connectivity index (χ4n) is 3.99. The number of esters is 1. The molecule has 1 spiro atoms. The summed E-state index contributed by atoms with van der Waals surface area (Å²) in [5, 5.41) is 8.27. The van der Waals surface area contributed by atoms with Crippen LogP contribution in [0, 0.1) is 5.41 Å². The van der Waals surface area contributed by atoms with Gasteiger partial charge in [0.1, 0.15) is 18.2 Å². The van der Waals surface area contributed by atoms with Gasteiger partial charge in [0.15, 0.2) is 0 Å². The van der Waals surface area contributed by atoms with Crippen molar-refractivity contribution in [3.63, 3.8) is 0 Å². The van der Waals surface area contributed by atoms with E-state index >= 15 is 0 Å². The van der Waals surface area contributed by atoms with Gasteiger partial charge in [0.2, 0.25) is 0 Å². The van der Waals surface area contributed by atoms with E-state index in [0.29, 0.717) is 17.5 Å². The van der Waals surface area contributed by atoms with Crippen molar-refractivity contribution >= 4 is 16.9 Å². The molecule has 0 N–H and O–H groups in total.